The molecule has 0 heterocycles. The highest BCUT2D eigenvalue weighted by atomic mass is 16.5. The van der Waals surface area contributed by atoms with E-state index in [0.29, 0.717) is 5.57 Å². The van der Waals surface area contributed by atoms with Crippen LogP contribution < -0.4 is 0 Å². The van der Waals surface area contributed by atoms with E-state index in [1.807, 2.05) is 60.7 Å². The summed E-state index contributed by atoms with van der Waals surface area (Å²) >= 11 is 0. The lowest BCUT2D eigenvalue weighted by molar-refractivity contribution is -0.147. The number of benzene rings is 3. The Hall–Kier alpha value is -4.03. The SMILES string of the molecule is O=C(OCC(CO)(CO)CO)C(=C(C1C=Cc2ccccc21)C1C=Cc2ccccc21)C1C=Cc2ccccc21. The Morgan fingerprint density at radius 2 is 1.02 bits per heavy atom. The van der Waals surface area contributed by atoms with Gasteiger partial charge in [-0.25, -0.2) is 4.79 Å². The summed E-state index contributed by atoms with van der Waals surface area (Å²) in [5.41, 5.74) is 6.74. The molecule has 3 aromatic rings. The van der Waals surface area contributed by atoms with Crippen LogP contribution in [0.25, 0.3) is 18.2 Å². The van der Waals surface area contributed by atoms with Gasteiger partial charge in [-0.3, -0.25) is 0 Å². The second kappa shape index (κ2) is 10.9. The van der Waals surface area contributed by atoms with Crippen molar-refractivity contribution in [2.24, 2.45) is 5.41 Å². The number of hydrogen-bond donors (Lipinski definition) is 3. The standard InChI is InChI=1S/C35H32O5/c36-19-35(20-37,21-38)22-40-34(39)33(31-18-15-25-9-3-6-12-28(25)31)32(29-16-13-23-7-1-4-10-26(23)29)30-17-14-24-8-2-5-11-27(24)30/h1-18,29-31,36-38H,19-22H2. The Kier molecular flexibility index (Phi) is 7.11. The summed E-state index contributed by atoms with van der Waals surface area (Å²) in [6.07, 6.45) is 12.6. The normalized spacial score (nSPS) is 19.8. The highest BCUT2D eigenvalue weighted by Gasteiger charge is 2.39. The van der Waals surface area contributed by atoms with Crippen molar-refractivity contribution < 1.29 is 24.9 Å². The summed E-state index contributed by atoms with van der Waals surface area (Å²) in [6, 6.07) is 24.5. The first kappa shape index (κ1) is 26.2. The number of esters is 1. The largest absolute Gasteiger partial charge is 0.461 e. The van der Waals surface area contributed by atoms with Crippen LogP contribution in [0, 0.1) is 5.41 Å². The molecule has 3 atom stereocenters. The number of aliphatic hydroxyl groups excluding tert-OH is 3. The molecule has 3 unspecified atom stereocenters. The first-order valence-corrected chi connectivity index (χ1v) is 13.6. The molecule has 40 heavy (non-hydrogen) atoms. The highest BCUT2D eigenvalue weighted by Crippen LogP contribution is 2.50. The maximum Gasteiger partial charge on any atom is 0.335 e. The Morgan fingerprint density at radius 1 is 0.625 bits per heavy atom. The molecule has 3 N–H and O–H groups in total. The minimum Gasteiger partial charge on any atom is -0.461 e. The molecule has 6 rings (SSSR count). The molecule has 5 nitrogen and oxygen atoms in total. The van der Waals surface area contributed by atoms with Crippen molar-refractivity contribution in [3.8, 4) is 0 Å². The van der Waals surface area contributed by atoms with Gasteiger partial charge in [-0.2, -0.15) is 0 Å². The van der Waals surface area contributed by atoms with Crippen LogP contribution in [0.4, 0.5) is 0 Å². The molecule has 0 spiro atoms. The number of allylic oxidation sites excluding steroid dienone is 4. The van der Waals surface area contributed by atoms with Crippen LogP contribution in [0.1, 0.15) is 51.1 Å². The number of rotatable bonds is 9. The highest BCUT2D eigenvalue weighted by molar-refractivity contribution is 5.95. The van der Waals surface area contributed by atoms with Gasteiger partial charge in [-0.05, 0) is 39.0 Å². The van der Waals surface area contributed by atoms with Gasteiger partial charge in [0, 0.05) is 23.3 Å². The third-order valence-electron chi connectivity index (χ3n) is 8.43. The molecule has 0 bridgehead atoms. The average molecular weight is 533 g/mol. The monoisotopic (exact) mass is 532 g/mol. The summed E-state index contributed by atoms with van der Waals surface area (Å²) < 4.78 is 5.89. The molecule has 0 fully saturated rings. The van der Waals surface area contributed by atoms with Gasteiger partial charge in [-0.15, -0.1) is 0 Å². The molecule has 0 saturated carbocycles. The number of carbonyl (C=O) groups is 1. The fraction of sp³-hybridized carbons (Fsp3) is 0.229. The predicted molar refractivity (Wildman–Crippen MR) is 156 cm³/mol. The van der Waals surface area contributed by atoms with Crippen LogP contribution in [-0.2, 0) is 9.53 Å². The molecule has 202 valence electrons. The molecule has 0 radical (unpaired) electrons. The predicted octanol–water partition coefficient (Wildman–Crippen LogP) is 5.22. The van der Waals surface area contributed by atoms with Crippen molar-refractivity contribution in [2.45, 2.75) is 17.8 Å². The molecular formula is C35H32O5. The number of carbonyl (C=O) groups excluding carboxylic acids is 1. The second-order valence-corrected chi connectivity index (χ2v) is 10.8. The van der Waals surface area contributed by atoms with Crippen LogP contribution in [0.5, 0.6) is 0 Å². The van der Waals surface area contributed by atoms with Gasteiger partial charge in [0.05, 0.1) is 25.2 Å². The van der Waals surface area contributed by atoms with Crippen LogP contribution in [-0.4, -0.2) is 47.7 Å². The maximum absolute atomic E-state index is 14.3. The van der Waals surface area contributed by atoms with Crippen molar-refractivity contribution in [2.75, 3.05) is 26.4 Å². The molecule has 0 amide bonds. The van der Waals surface area contributed by atoms with E-state index in [0.717, 1.165) is 39.0 Å². The Morgan fingerprint density at radius 3 is 1.48 bits per heavy atom. The van der Waals surface area contributed by atoms with Crippen LogP contribution in [0.15, 0.2) is 102 Å². The lowest BCUT2D eigenvalue weighted by atomic mass is 9.75. The van der Waals surface area contributed by atoms with Gasteiger partial charge in [0.1, 0.15) is 6.61 Å². The molecule has 3 aromatic carbocycles. The Balaban J connectivity index is 1.56. The third-order valence-corrected chi connectivity index (χ3v) is 8.43. The lowest BCUT2D eigenvalue weighted by Crippen LogP contribution is -2.40. The van der Waals surface area contributed by atoms with Crippen molar-refractivity contribution in [1.82, 2.24) is 0 Å². The van der Waals surface area contributed by atoms with Crippen molar-refractivity contribution in [3.05, 3.63) is 136 Å². The molecule has 5 heteroatoms. The lowest BCUT2D eigenvalue weighted by Gasteiger charge is -2.30. The topological polar surface area (TPSA) is 87.0 Å². The van der Waals surface area contributed by atoms with Crippen LogP contribution in [0.3, 0.4) is 0 Å². The summed E-state index contributed by atoms with van der Waals surface area (Å²) in [7, 11) is 0. The quantitative estimate of drug-likeness (QED) is 0.260. The second-order valence-electron chi connectivity index (χ2n) is 10.8. The summed E-state index contributed by atoms with van der Waals surface area (Å²) in [4.78, 5) is 14.3. The van der Waals surface area contributed by atoms with E-state index in [-0.39, 0.29) is 24.4 Å². The summed E-state index contributed by atoms with van der Waals surface area (Å²) in [5.74, 6) is -1.16. The van der Waals surface area contributed by atoms with E-state index in [2.05, 4.69) is 48.6 Å². The molecule has 3 aliphatic rings. The minimum absolute atomic E-state index is 0.154. The zero-order valence-electron chi connectivity index (χ0n) is 22.1. The van der Waals surface area contributed by atoms with E-state index in [9.17, 15) is 20.1 Å². The van der Waals surface area contributed by atoms with E-state index in [4.69, 9.17) is 4.74 Å². The van der Waals surface area contributed by atoms with Gasteiger partial charge < -0.3 is 20.1 Å². The van der Waals surface area contributed by atoms with Gasteiger partial charge >= 0.3 is 5.97 Å². The van der Waals surface area contributed by atoms with Crippen molar-refractivity contribution in [3.63, 3.8) is 0 Å². The molecular weight excluding hydrogens is 500 g/mol. The number of fused-ring (bicyclic) bond motifs is 3. The van der Waals surface area contributed by atoms with Crippen molar-refractivity contribution >= 4 is 24.2 Å². The molecule has 0 aromatic heterocycles. The molecule has 0 saturated heterocycles. The third kappa shape index (κ3) is 4.46. The smallest absolute Gasteiger partial charge is 0.335 e. The van der Waals surface area contributed by atoms with E-state index in [1.54, 1.807) is 0 Å². The van der Waals surface area contributed by atoms with Crippen LogP contribution in [0.2, 0.25) is 0 Å². The number of hydrogen-bond acceptors (Lipinski definition) is 5. The number of ether oxygens (including phenoxy) is 1. The van der Waals surface area contributed by atoms with Crippen LogP contribution >= 0.6 is 0 Å². The Bertz CT molecular complexity index is 1480. The fourth-order valence-electron chi connectivity index (χ4n) is 6.08. The summed E-state index contributed by atoms with van der Waals surface area (Å²) in [6.45, 7) is -1.84. The fourth-order valence-corrected chi connectivity index (χ4v) is 6.08. The summed E-state index contributed by atoms with van der Waals surface area (Å²) in [5, 5.41) is 29.7. The van der Waals surface area contributed by atoms with Gasteiger partial charge in [0.25, 0.3) is 0 Å². The molecule has 0 aliphatic heterocycles. The van der Waals surface area contributed by atoms with Gasteiger partial charge in [0.2, 0.25) is 0 Å². The van der Waals surface area contributed by atoms with E-state index >= 15 is 0 Å². The minimum atomic E-state index is -1.33. The first-order valence-electron chi connectivity index (χ1n) is 13.6. The first-order chi connectivity index (χ1) is 19.6. The number of aliphatic hydroxyl groups is 3. The van der Waals surface area contributed by atoms with Crippen molar-refractivity contribution in [1.29, 1.82) is 0 Å². The molecule has 3 aliphatic carbocycles. The Labute approximate surface area is 234 Å². The van der Waals surface area contributed by atoms with Gasteiger partial charge in [-0.1, -0.05) is 109 Å². The van der Waals surface area contributed by atoms with Gasteiger partial charge in [0.15, 0.2) is 0 Å². The zero-order chi connectivity index (χ0) is 27.7. The van der Waals surface area contributed by atoms with E-state index < -0.39 is 31.2 Å². The average Bonchev–Trinajstić information content (AvgIpc) is 3.74. The zero-order valence-corrected chi connectivity index (χ0v) is 22.1. The van der Waals surface area contributed by atoms with E-state index in [1.165, 1.54) is 0 Å². The maximum atomic E-state index is 14.3.